The second-order valence-corrected chi connectivity index (χ2v) is 7.98. The van der Waals surface area contributed by atoms with Gasteiger partial charge in [0, 0.05) is 0 Å². The molecule has 2 atom stereocenters. The highest BCUT2D eigenvalue weighted by molar-refractivity contribution is 6.31. The quantitative estimate of drug-likeness (QED) is 0.553. The lowest BCUT2D eigenvalue weighted by Crippen LogP contribution is -2.46. The van der Waals surface area contributed by atoms with Crippen molar-refractivity contribution in [2.24, 2.45) is 0 Å². The average molecular weight is 472 g/mol. The van der Waals surface area contributed by atoms with E-state index >= 15 is 0 Å². The highest BCUT2D eigenvalue weighted by atomic mass is 35.5. The van der Waals surface area contributed by atoms with Crippen LogP contribution in [0.15, 0.2) is 36.4 Å². The lowest BCUT2D eigenvalue weighted by Gasteiger charge is -2.40. The molecule has 5 nitrogen and oxygen atoms in total. The molecule has 1 fully saturated rings. The minimum absolute atomic E-state index is 0.308. The van der Waals surface area contributed by atoms with E-state index in [0.29, 0.717) is 42.2 Å². The molecule has 1 heterocycles. The lowest BCUT2D eigenvalue weighted by atomic mass is 9.90. The molecule has 174 valence electrons. The SMILES string of the molecule is CCOc1cc(C(c2ccc(Cl)c(C(F)(F)F)c2)N2CCCCC2C(=O)O)ccc1OC. The maximum atomic E-state index is 13.6. The molecule has 0 bridgehead atoms. The van der Waals surface area contributed by atoms with Gasteiger partial charge >= 0.3 is 12.1 Å². The van der Waals surface area contributed by atoms with Crippen LogP contribution in [-0.4, -0.2) is 42.3 Å². The maximum absolute atomic E-state index is 13.6. The van der Waals surface area contributed by atoms with Gasteiger partial charge in [0.25, 0.3) is 0 Å². The smallest absolute Gasteiger partial charge is 0.417 e. The first kappa shape index (κ1) is 24.2. The first-order valence-electron chi connectivity index (χ1n) is 10.3. The van der Waals surface area contributed by atoms with E-state index in [0.717, 1.165) is 18.9 Å². The second kappa shape index (κ2) is 10.0. The third kappa shape index (κ3) is 5.13. The number of methoxy groups -OCH3 is 1. The van der Waals surface area contributed by atoms with Crippen molar-refractivity contribution in [3.63, 3.8) is 0 Å². The van der Waals surface area contributed by atoms with Crippen molar-refractivity contribution in [1.82, 2.24) is 4.90 Å². The molecule has 9 heteroatoms. The number of likely N-dealkylation sites (tertiary alicyclic amines) is 1. The van der Waals surface area contributed by atoms with Crippen molar-refractivity contribution < 1.29 is 32.5 Å². The van der Waals surface area contributed by atoms with E-state index in [1.807, 2.05) is 6.92 Å². The Morgan fingerprint density at radius 3 is 2.50 bits per heavy atom. The summed E-state index contributed by atoms with van der Waals surface area (Å²) in [6.45, 7) is 2.61. The fourth-order valence-corrected chi connectivity index (χ4v) is 4.39. The van der Waals surface area contributed by atoms with Crippen LogP contribution in [0.1, 0.15) is 48.9 Å². The molecule has 0 aliphatic carbocycles. The molecule has 1 aliphatic heterocycles. The number of aliphatic carboxylic acids is 1. The fraction of sp³-hybridized carbons (Fsp3) is 0.435. The summed E-state index contributed by atoms with van der Waals surface area (Å²) in [5.74, 6) is -0.0838. The van der Waals surface area contributed by atoms with E-state index in [2.05, 4.69) is 0 Å². The van der Waals surface area contributed by atoms with Crippen LogP contribution < -0.4 is 9.47 Å². The summed E-state index contributed by atoms with van der Waals surface area (Å²) >= 11 is 5.84. The molecule has 2 aromatic rings. The fourth-order valence-electron chi connectivity index (χ4n) is 4.17. The number of hydrogen-bond acceptors (Lipinski definition) is 4. The topological polar surface area (TPSA) is 59.0 Å². The molecular weight excluding hydrogens is 447 g/mol. The number of carbonyl (C=O) groups is 1. The van der Waals surface area contributed by atoms with Crippen LogP contribution in [0.25, 0.3) is 0 Å². The normalized spacial score (nSPS) is 18.2. The number of benzene rings is 2. The third-order valence-corrected chi connectivity index (χ3v) is 5.91. The van der Waals surface area contributed by atoms with Crippen molar-refractivity contribution in [3.8, 4) is 11.5 Å². The molecule has 1 aliphatic rings. The number of piperidine rings is 1. The molecule has 1 N–H and O–H groups in total. The summed E-state index contributed by atoms with van der Waals surface area (Å²) in [6, 6.07) is 7.26. The van der Waals surface area contributed by atoms with E-state index in [-0.39, 0.29) is 0 Å². The standard InChI is InChI=1S/C23H25ClF3NO4/c1-3-32-20-13-15(8-10-19(20)31-2)21(28-11-5-4-6-18(28)22(29)30)14-7-9-17(24)16(12-14)23(25,26)27/h7-10,12-13,18,21H,3-6,11H2,1-2H3,(H,29,30). The molecule has 1 saturated heterocycles. The van der Waals surface area contributed by atoms with Crippen LogP contribution >= 0.6 is 11.6 Å². The van der Waals surface area contributed by atoms with Crippen LogP contribution in [-0.2, 0) is 11.0 Å². The van der Waals surface area contributed by atoms with Crippen molar-refractivity contribution in [2.75, 3.05) is 20.3 Å². The predicted molar refractivity (Wildman–Crippen MR) is 114 cm³/mol. The van der Waals surface area contributed by atoms with Gasteiger partial charge < -0.3 is 14.6 Å². The molecule has 0 amide bonds. The summed E-state index contributed by atoms with van der Waals surface area (Å²) in [5.41, 5.74) is -0.0376. The van der Waals surface area contributed by atoms with Crippen LogP contribution in [0.3, 0.4) is 0 Å². The minimum Gasteiger partial charge on any atom is -0.493 e. The summed E-state index contributed by atoms with van der Waals surface area (Å²) < 4.78 is 51.7. The Bertz CT molecular complexity index is 967. The van der Waals surface area contributed by atoms with Gasteiger partial charge in [0.05, 0.1) is 30.3 Å². The van der Waals surface area contributed by atoms with Crippen molar-refractivity contribution in [1.29, 1.82) is 0 Å². The Kier molecular flexibility index (Phi) is 7.56. The van der Waals surface area contributed by atoms with Crippen LogP contribution in [0.5, 0.6) is 11.5 Å². The van der Waals surface area contributed by atoms with Gasteiger partial charge in [-0.2, -0.15) is 13.2 Å². The van der Waals surface area contributed by atoms with Crippen molar-refractivity contribution >= 4 is 17.6 Å². The molecular formula is C23H25ClF3NO4. The summed E-state index contributed by atoms with van der Waals surface area (Å²) in [5, 5.41) is 9.41. The van der Waals surface area contributed by atoms with Crippen molar-refractivity contribution in [3.05, 3.63) is 58.1 Å². The van der Waals surface area contributed by atoms with Gasteiger partial charge in [0.1, 0.15) is 6.04 Å². The molecule has 2 aromatic carbocycles. The number of rotatable bonds is 7. The number of nitrogens with zero attached hydrogens (tertiary/aromatic N) is 1. The zero-order valence-electron chi connectivity index (χ0n) is 17.8. The first-order valence-corrected chi connectivity index (χ1v) is 10.7. The van der Waals surface area contributed by atoms with Gasteiger partial charge in [0.15, 0.2) is 11.5 Å². The molecule has 0 saturated carbocycles. The van der Waals surface area contributed by atoms with E-state index in [1.165, 1.54) is 19.2 Å². The molecule has 0 radical (unpaired) electrons. The lowest BCUT2D eigenvalue weighted by molar-refractivity contribution is -0.145. The molecule has 3 rings (SSSR count). The number of halogens is 4. The number of hydrogen-bond donors (Lipinski definition) is 1. The van der Waals surface area contributed by atoms with Gasteiger partial charge in [-0.15, -0.1) is 0 Å². The van der Waals surface area contributed by atoms with Crippen LogP contribution in [0, 0.1) is 0 Å². The average Bonchev–Trinajstić information content (AvgIpc) is 2.75. The molecule has 32 heavy (non-hydrogen) atoms. The van der Waals surface area contributed by atoms with Gasteiger partial charge in [-0.1, -0.05) is 30.2 Å². The van der Waals surface area contributed by atoms with Crippen molar-refractivity contribution in [2.45, 2.75) is 44.4 Å². The van der Waals surface area contributed by atoms with E-state index < -0.39 is 34.8 Å². The van der Waals surface area contributed by atoms with Gasteiger partial charge in [-0.3, -0.25) is 9.69 Å². The highest BCUT2D eigenvalue weighted by Gasteiger charge is 2.38. The molecule has 0 spiro atoms. The highest BCUT2D eigenvalue weighted by Crippen LogP contribution is 2.41. The van der Waals surface area contributed by atoms with Gasteiger partial charge in [0.2, 0.25) is 0 Å². The van der Waals surface area contributed by atoms with E-state index in [1.54, 1.807) is 23.1 Å². The maximum Gasteiger partial charge on any atom is 0.417 e. The van der Waals surface area contributed by atoms with E-state index in [9.17, 15) is 23.1 Å². The second-order valence-electron chi connectivity index (χ2n) is 7.57. The largest absolute Gasteiger partial charge is 0.493 e. The van der Waals surface area contributed by atoms with E-state index in [4.69, 9.17) is 21.1 Å². The number of carboxylic acids is 1. The number of alkyl halides is 3. The number of ether oxygens (including phenoxy) is 2. The molecule has 0 aromatic heterocycles. The Hall–Kier alpha value is -2.45. The van der Waals surface area contributed by atoms with Crippen LogP contribution in [0.4, 0.5) is 13.2 Å². The number of carboxylic acid groups (broad SMARTS) is 1. The first-order chi connectivity index (χ1) is 15.2. The zero-order valence-corrected chi connectivity index (χ0v) is 18.5. The minimum atomic E-state index is -4.64. The summed E-state index contributed by atoms with van der Waals surface area (Å²) in [4.78, 5) is 13.7. The van der Waals surface area contributed by atoms with Crippen LogP contribution in [0.2, 0.25) is 5.02 Å². The van der Waals surface area contributed by atoms with Gasteiger partial charge in [-0.05, 0) is 61.7 Å². The summed E-state index contributed by atoms with van der Waals surface area (Å²) in [6.07, 6.45) is -2.74. The Morgan fingerprint density at radius 2 is 1.88 bits per heavy atom. The molecule has 2 unspecified atom stereocenters. The predicted octanol–water partition coefficient (Wildman–Crippen LogP) is 5.79. The third-order valence-electron chi connectivity index (χ3n) is 5.58. The Morgan fingerprint density at radius 1 is 1.19 bits per heavy atom. The zero-order chi connectivity index (χ0) is 23.5. The Balaban J connectivity index is 2.19. The monoisotopic (exact) mass is 471 g/mol. The summed E-state index contributed by atoms with van der Waals surface area (Å²) in [7, 11) is 1.49. The van der Waals surface area contributed by atoms with Gasteiger partial charge in [-0.25, -0.2) is 0 Å². The Labute approximate surface area is 189 Å².